The molecule has 78 valence electrons. The summed E-state index contributed by atoms with van der Waals surface area (Å²) in [5.41, 5.74) is 2.14. The molecule has 1 aromatic carbocycles. The number of hydrogen-bond acceptors (Lipinski definition) is 2. The van der Waals surface area contributed by atoms with Gasteiger partial charge in [0.2, 0.25) is 0 Å². The Hall–Kier alpha value is -1.19. The summed E-state index contributed by atoms with van der Waals surface area (Å²) in [4.78, 5) is 0. The first-order valence-electron chi connectivity index (χ1n) is 4.64. The van der Waals surface area contributed by atoms with E-state index in [1.165, 1.54) is 17.4 Å². The minimum atomic E-state index is -0.657. The van der Waals surface area contributed by atoms with E-state index in [9.17, 15) is 9.50 Å². The molecule has 0 aliphatic rings. The van der Waals surface area contributed by atoms with E-state index in [-0.39, 0.29) is 5.82 Å². The van der Waals surface area contributed by atoms with Gasteiger partial charge in [-0.05, 0) is 46.5 Å². The van der Waals surface area contributed by atoms with Crippen LogP contribution in [0.4, 0.5) is 4.39 Å². The fraction of sp³-hybridized carbons (Fsp3) is 0.167. The normalized spacial score (nSPS) is 12.7. The zero-order chi connectivity index (χ0) is 10.8. The Bertz CT molecular complexity index is 451. The predicted molar refractivity (Wildman–Crippen MR) is 59.5 cm³/mol. The van der Waals surface area contributed by atoms with E-state index in [4.69, 9.17) is 0 Å². The molecule has 0 unspecified atom stereocenters. The Morgan fingerprint density at radius 1 is 1.27 bits per heavy atom. The zero-order valence-electron chi connectivity index (χ0n) is 8.27. The van der Waals surface area contributed by atoms with E-state index < -0.39 is 6.10 Å². The van der Waals surface area contributed by atoms with Crippen molar-refractivity contribution in [2.45, 2.75) is 13.0 Å². The Morgan fingerprint density at radius 3 is 2.67 bits per heavy atom. The summed E-state index contributed by atoms with van der Waals surface area (Å²) in [7, 11) is 0. The van der Waals surface area contributed by atoms with Gasteiger partial charge in [-0.1, -0.05) is 12.1 Å². The Balaban J connectivity index is 2.34. The summed E-state index contributed by atoms with van der Waals surface area (Å²) in [6.45, 7) is 1.69. The van der Waals surface area contributed by atoms with Gasteiger partial charge < -0.3 is 5.11 Å². The van der Waals surface area contributed by atoms with Crippen molar-refractivity contribution in [3.63, 3.8) is 0 Å². The van der Waals surface area contributed by atoms with E-state index >= 15 is 0 Å². The second-order valence-corrected chi connectivity index (χ2v) is 4.25. The van der Waals surface area contributed by atoms with Gasteiger partial charge in [0.25, 0.3) is 0 Å². The molecule has 1 heterocycles. The van der Waals surface area contributed by atoms with Crippen LogP contribution >= 0.6 is 11.3 Å². The first-order valence-corrected chi connectivity index (χ1v) is 5.59. The van der Waals surface area contributed by atoms with Gasteiger partial charge in [0.15, 0.2) is 0 Å². The molecule has 1 atom stereocenters. The van der Waals surface area contributed by atoms with Crippen LogP contribution in [0.5, 0.6) is 0 Å². The van der Waals surface area contributed by atoms with E-state index in [2.05, 4.69) is 0 Å². The van der Waals surface area contributed by atoms with Crippen molar-refractivity contribution < 1.29 is 9.50 Å². The highest BCUT2D eigenvalue weighted by Crippen LogP contribution is 2.24. The van der Waals surface area contributed by atoms with Crippen LogP contribution in [0.3, 0.4) is 0 Å². The molecule has 0 aliphatic heterocycles. The van der Waals surface area contributed by atoms with Crippen LogP contribution in [0, 0.1) is 12.7 Å². The standard InChI is InChI=1S/C12H11FOS/c1-8-6-9(2-3-11(8)13)12(14)10-4-5-15-7-10/h2-7,12,14H,1H3/t12-/m1/s1. The largest absolute Gasteiger partial charge is 0.384 e. The maximum atomic E-state index is 13.0. The van der Waals surface area contributed by atoms with Crippen LogP contribution in [-0.2, 0) is 0 Å². The topological polar surface area (TPSA) is 20.2 Å². The molecule has 3 heteroatoms. The predicted octanol–water partition coefficient (Wildman–Crippen LogP) is 3.28. The molecule has 0 bridgehead atoms. The highest BCUT2D eigenvalue weighted by atomic mass is 32.1. The Labute approximate surface area is 91.8 Å². The maximum Gasteiger partial charge on any atom is 0.126 e. The lowest BCUT2D eigenvalue weighted by Gasteiger charge is -2.10. The fourth-order valence-electron chi connectivity index (χ4n) is 1.46. The molecule has 15 heavy (non-hydrogen) atoms. The van der Waals surface area contributed by atoms with Crippen LogP contribution in [-0.4, -0.2) is 5.11 Å². The molecule has 0 saturated carbocycles. The molecule has 2 rings (SSSR count). The van der Waals surface area contributed by atoms with Crippen molar-refractivity contribution in [3.05, 3.63) is 57.5 Å². The lowest BCUT2D eigenvalue weighted by Crippen LogP contribution is -1.99. The van der Waals surface area contributed by atoms with Gasteiger partial charge in [0.05, 0.1) is 0 Å². The molecule has 2 aromatic rings. The second kappa shape index (κ2) is 4.13. The first kappa shape index (κ1) is 10.3. The van der Waals surface area contributed by atoms with E-state index in [1.807, 2.05) is 16.8 Å². The smallest absolute Gasteiger partial charge is 0.126 e. The van der Waals surface area contributed by atoms with Gasteiger partial charge in [-0.25, -0.2) is 4.39 Å². The van der Waals surface area contributed by atoms with E-state index in [0.717, 1.165) is 11.1 Å². The molecule has 0 aliphatic carbocycles. The van der Waals surface area contributed by atoms with Gasteiger partial charge in [0, 0.05) is 0 Å². The molecule has 0 fully saturated rings. The molecular formula is C12H11FOS. The monoisotopic (exact) mass is 222 g/mol. The number of aliphatic hydroxyl groups excluding tert-OH is 1. The fourth-order valence-corrected chi connectivity index (χ4v) is 2.14. The Morgan fingerprint density at radius 2 is 2.07 bits per heavy atom. The number of rotatable bonds is 2. The summed E-state index contributed by atoms with van der Waals surface area (Å²) in [5, 5.41) is 13.8. The lowest BCUT2D eigenvalue weighted by molar-refractivity contribution is 0.220. The minimum Gasteiger partial charge on any atom is -0.384 e. The highest BCUT2D eigenvalue weighted by Gasteiger charge is 2.11. The summed E-state index contributed by atoms with van der Waals surface area (Å²) in [6, 6.07) is 6.55. The van der Waals surface area contributed by atoms with Crippen molar-refractivity contribution >= 4 is 11.3 Å². The quantitative estimate of drug-likeness (QED) is 0.826. The third-order valence-corrected chi connectivity index (χ3v) is 3.06. The molecule has 1 aromatic heterocycles. The number of aliphatic hydroxyl groups is 1. The van der Waals surface area contributed by atoms with Crippen molar-refractivity contribution in [3.8, 4) is 0 Å². The second-order valence-electron chi connectivity index (χ2n) is 3.47. The van der Waals surface area contributed by atoms with Gasteiger partial charge >= 0.3 is 0 Å². The lowest BCUT2D eigenvalue weighted by atomic mass is 10.0. The van der Waals surface area contributed by atoms with Crippen LogP contribution < -0.4 is 0 Å². The molecule has 1 nitrogen and oxygen atoms in total. The highest BCUT2D eigenvalue weighted by molar-refractivity contribution is 7.07. The van der Waals surface area contributed by atoms with Gasteiger partial charge in [0.1, 0.15) is 11.9 Å². The van der Waals surface area contributed by atoms with Crippen LogP contribution in [0.25, 0.3) is 0 Å². The van der Waals surface area contributed by atoms with Crippen molar-refractivity contribution in [2.75, 3.05) is 0 Å². The third-order valence-electron chi connectivity index (χ3n) is 2.36. The molecule has 0 radical (unpaired) electrons. The summed E-state index contributed by atoms with van der Waals surface area (Å²) in [6.07, 6.45) is -0.657. The van der Waals surface area contributed by atoms with Crippen molar-refractivity contribution in [2.24, 2.45) is 0 Å². The molecular weight excluding hydrogens is 211 g/mol. The number of thiophene rings is 1. The zero-order valence-corrected chi connectivity index (χ0v) is 9.09. The molecule has 0 amide bonds. The molecule has 0 saturated heterocycles. The van der Waals surface area contributed by atoms with Gasteiger partial charge in [-0.15, -0.1) is 0 Å². The van der Waals surface area contributed by atoms with Crippen molar-refractivity contribution in [1.29, 1.82) is 0 Å². The number of benzene rings is 1. The van der Waals surface area contributed by atoms with Crippen LogP contribution in [0.1, 0.15) is 22.8 Å². The van der Waals surface area contributed by atoms with E-state index in [0.29, 0.717) is 5.56 Å². The number of hydrogen-bond donors (Lipinski definition) is 1. The SMILES string of the molecule is Cc1cc([C@@H](O)c2ccsc2)ccc1F. The minimum absolute atomic E-state index is 0.240. The Kier molecular flexibility index (Phi) is 2.84. The van der Waals surface area contributed by atoms with E-state index in [1.54, 1.807) is 19.1 Å². The number of halogens is 1. The average Bonchev–Trinajstić information content (AvgIpc) is 2.74. The van der Waals surface area contributed by atoms with Crippen molar-refractivity contribution in [1.82, 2.24) is 0 Å². The summed E-state index contributed by atoms with van der Waals surface area (Å²) >= 11 is 1.54. The maximum absolute atomic E-state index is 13.0. The summed E-state index contributed by atoms with van der Waals surface area (Å²) in [5.74, 6) is -0.240. The summed E-state index contributed by atoms with van der Waals surface area (Å²) < 4.78 is 13.0. The average molecular weight is 222 g/mol. The number of aryl methyl sites for hydroxylation is 1. The van der Waals surface area contributed by atoms with Crippen LogP contribution in [0.2, 0.25) is 0 Å². The third kappa shape index (κ3) is 2.08. The van der Waals surface area contributed by atoms with Crippen LogP contribution in [0.15, 0.2) is 35.0 Å². The first-order chi connectivity index (χ1) is 7.18. The van der Waals surface area contributed by atoms with Gasteiger partial charge in [-0.3, -0.25) is 0 Å². The van der Waals surface area contributed by atoms with Gasteiger partial charge in [-0.2, -0.15) is 11.3 Å². The molecule has 1 N–H and O–H groups in total. The molecule has 0 spiro atoms.